The lowest BCUT2D eigenvalue weighted by Crippen LogP contribution is -2.11. The molecule has 0 fully saturated rings. The summed E-state index contributed by atoms with van der Waals surface area (Å²) in [5, 5.41) is 9.87. The molecule has 0 unspecified atom stereocenters. The maximum atomic E-state index is 6.45. The van der Waals surface area contributed by atoms with Gasteiger partial charge in [0.1, 0.15) is 11.2 Å². The molecule has 0 spiro atoms. The van der Waals surface area contributed by atoms with Crippen LogP contribution in [0.2, 0.25) is 0 Å². The topological polar surface area (TPSA) is 16.4 Å². The molecule has 0 N–H and O–H groups in total. The number of hydrogen-bond acceptors (Lipinski definition) is 2. The molecule has 1 heterocycles. The molecule has 2 nitrogen and oxygen atoms in total. The van der Waals surface area contributed by atoms with Crippen LogP contribution in [-0.4, -0.2) is 0 Å². The van der Waals surface area contributed by atoms with Crippen LogP contribution in [0.15, 0.2) is 205 Å². The van der Waals surface area contributed by atoms with E-state index in [4.69, 9.17) is 4.42 Å². The summed E-state index contributed by atoms with van der Waals surface area (Å²) < 4.78 is 6.45. The van der Waals surface area contributed by atoms with E-state index in [1.54, 1.807) is 0 Å². The summed E-state index contributed by atoms with van der Waals surface area (Å²) >= 11 is 0. The Bertz CT molecular complexity index is 3130. The third-order valence-corrected chi connectivity index (χ3v) is 11.0. The monoisotopic (exact) mass is 687 g/mol. The first kappa shape index (κ1) is 30.5. The van der Waals surface area contributed by atoms with Gasteiger partial charge in [0, 0.05) is 33.1 Å². The lowest BCUT2D eigenvalue weighted by atomic mass is 9.92. The molecule has 1 aromatic heterocycles. The highest BCUT2D eigenvalue weighted by molar-refractivity contribution is 6.25. The zero-order chi connectivity index (χ0) is 35.6. The van der Waals surface area contributed by atoms with Gasteiger partial charge < -0.3 is 9.32 Å². The van der Waals surface area contributed by atoms with Crippen LogP contribution >= 0.6 is 0 Å². The Hall–Kier alpha value is -7.16. The van der Waals surface area contributed by atoms with Crippen LogP contribution in [0, 0.1) is 0 Å². The van der Waals surface area contributed by atoms with Crippen molar-refractivity contribution in [3.8, 4) is 33.4 Å². The Morgan fingerprint density at radius 2 is 0.926 bits per heavy atom. The van der Waals surface area contributed by atoms with Gasteiger partial charge in [-0.1, -0.05) is 164 Å². The molecule has 0 saturated carbocycles. The highest BCUT2D eigenvalue weighted by Crippen LogP contribution is 2.46. The van der Waals surface area contributed by atoms with E-state index in [2.05, 4.69) is 193 Å². The van der Waals surface area contributed by atoms with Crippen molar-refractivity contribution in [1.82, 2.24) is 0 Å². The molecule has 0 aliphatic heterocycles. The average molecular weight is 688 g/mol. The Kier molecular flexibility index (Phi) is 6.90. The average Bonchev–Trinajstić information content (AvgIpc) is 3.63. The van der Waals surface area contributed by atoms with Crippen LogP contribution in [-0.2, 0) is 0 Å². The number of nitrogens with zero attached hydrogens (tertiary/aromatic N) is 1. The van der Waals surface area contributed by atoms with Gasteiger partial charge in [0.2, 0.25) is 0 Å². The van der Waals surface area contributed by atoms with Gasteiger partial charge in [0.25, 0.3) is 0 Å². The maximum Gasteiger partial charge on any atom is 0.143 e. The third kappa shape index (κ3) is 4.81. The molecule has 0 bridgehead atoms. The molecule has 0 atom stereocenters. The summed E-state index contributed by atoms with van der Waals surface area (Å²) in [6.07, 6.45) is 0. The van der Waals surface area contributed by atoms with Gasteiger partial charge in [-0.2, -0.15) is 0 Å². The number of fused-ring (bicyclic) bond motifs is 3. The summed E-state index contributed by atoms with van der Waals surface area (Å²) in [5.74, 6) is 0. The summed E-state index contributed by atoms with van der Waals surface area (Å²) in [7, 11) is 0. The van der Waals surface area contributed by atoms with E-state index in [1.165, 1.54) is 54.6 Å². The van der Waals surface area contributed by atoms with Gasteiger partial charge in [-0.05, 0) is 91.1 Å². The maximum absolute atomic E-state index is 6.45. The Balaban J connectivity index is 1.14. The highest BCUT2D eigenvalue weighted by Gasteiger charge is 2.21. The van der Waals surface area contributed by atoms with Crippen molar-refractivity contribution >= 4 is 71.3 Å². The standard InChI is InChI=1S/C52H33NO/c1-3-11-34(12-4-1)42-31-29-41(33-47(42)35-13-5-2-6-14-35)53(48-32-26-39-22-21-37-15-9-16-38-25-30-46(48)51(39)50(37)38)40-27-23-36(24-28-40)43-18-10-19-45-44-17-7-8-20-49(44)54-52(43)45/h1-33H. The first-order valence-corrected chi connectivity index (χ1v) is 18.5. The Morgan fingerprint density at radius 3 is 1.70 bits per heavy atom. The van der Waals surface area contributed by atoms with Crippen LogP contribution in [0.5, 0.6) is 0 Å². The van der Waals surface area contributed by atoms with Crippen molar-refractivity contribution in [2.75, 3.05) is 4.90 Å². The SMILES string of the molecule is c1ccc(-c2ccc(N(c3ccc(-c4cccc5c4oc4ccccc45)cc3)c3ccc4ccc5cccc6ccc3c4c56)cc2-c2ccccc2)cc1. The molecule has 11 aromatic rings. The van der Waals surface area contributed by atoms with Gasteiger partial charge in [0.15, 0.2) is 0 Å². The molecule has 0 saturated heterocycles. The number of benzene rings is 10. The van der Waals surface area contributed by atoms with Crippen molar-refractivity contribution in [2.24, 2.45) is 0 Å². The van der Waals surface area contributed by atoms with Crippen LogP contribution in [0.1, 0.15) is 0 Å². The number of anilines is 3. The highest BCUT2D eigenvalue weighted by atomic mass is 16.3. The molecule has 0 radical (unpaired) electrons. The van der Waals surface area contributed by atoms with Crippen LogP contribution < -0.4 is 4.90 Å². The predicted octanol–water partition coefficient (Wildman–Crippen LogP) is 15.0. The second-order valence-electron chi connectivity index (χ2n) is 14.1. The zero-order valence-corrected chi connectivity index (χ0v) is 29.4. The van der Waals surface area contributed by atoms with Crippen molar-refractivity contribution in [3.05, 3.63) is 200 Å². The van der Waals surface area contributed by atoms with Gasteiger partial charge in [-0.15, -0.1) is 0 Å². The normalized spacial score (nSPS) is 11.7. The van der Waals surface area contributed by atoms with Gasteiger partial charge in [-0.25, -0.2) is 0 Å². The van der Waals surface area contributed by atoms with E-state index in [0.717, 1.165) is 50.1 Å². The van der Waals surface area contributed by atoms with E-state index in [0.29, 0.717) is 0 Å². The molecule has 0 aliphatic carbocycles. The molecule has 252 valence electrons. The molecule has 0 amide bonds. The van der Waals surface area contributed by atoms with Crippen molar-refractivity contribution < 1.29 is 4.42 Å². The molecule has 11 rings (SSSR count). The summed E-state index contributed by atoms with van der Waals surface area (Å²) in [6.45, 7) is 0. The summed E-state index contributed by atoms with van der Waals surface area (Å²) in [4.78, 5) is 2.43. The predicted molar refractivity (Wildman–Crippen MR) is 228 cm³/mol. The van der Waals surface area contributed by atoms with Crippen LogP contribution in [0.4, 0.5) is 17.1 Å². The second-order valence-corrected chi connectivity index (χ2v) is 14.1. The minimum absolute atomic E-state index is 0.907. The van der Waals surface area contributed by atoms with E-state index in [9.17, 15) is 0 Å². The van der Waals surface area contributed by atoms with Crippen molar-refractivity contribution in [2.45, 2.75) is 0 Å². The number of rotatable bonds is 6. The van der Waals surface area contributed by atoms with Gasteiger partial charge in [-0.3, -0.25) is 0 Å². The van der Waals surface area contributed by atoms with Crippen molar-refractivity contribution in [3.63, 3.8) is 0 Å². The molecular formula is C52H33NO. The van der Waals surface area contributed by atoms with Gasteiger partial charge >= 0.3 is 0 Å². The number of para-hydroxylation sites is 2. The quantitative estimate of drug-likeness (QED) is 0.162. The third-order valence-electron chi connectivity index (χ3n) is 11.0. The molecule has 0 aliphatic rings. The Morgan fingerprint density at radius 1 is 0.333 bits per heavy atom. The fourth-order valence-electron chi connectivity index (χ4n) is 8.50. The lowest BCUT2D eigenvalue weighted by molar-refractivity contribution is 0.670. The lowest BCUT2D eigenvalue weighted by Gasteiger charge is -2.29. The minimum Gasteiger partial charge on any atom is -0.455 e. The van der Waals surface area contributed by atoms with Crippen LogP contribution in [0.25, 0.3) is 87.6 Å². The zero-order valence-electron chi connectivity index (χ0n) is 29.4. The summed E-state index contributed by atoms with van der Waals surface area (Å²) in [5.41, 5.74) is 12.1. The van der Waals surface area contributed by atoms with E-state index in [-0.39, 0.29) is 0 Å². The largest absolute Gasteiger partial charge is 0.455 e. The fraction of sp³-hybridized carbons (Fsp3) is 0. The van der Waals surface area contributed by atoms with Crippen molar-refractivity contribution in [1.29, 1.82) is 0 Å². The minimum atomic E-state index is 0.907. The molecule has 54 heavy (non-hydrogen) atoms. The molecular weight excluding hydrogens is 655 g/mol. The smallest absolute Gasteiger partial charge is 0.143 e. The van der Waals surface area contributed by atoms with Gasteiger partial charge in [0.05, 0.1) is 5.69 Å². The first-order valence-electron chi connectivity index (χ1n) is 18.5. The molecule has 10 aromatic carbocycles. The molecule has 2 heteroatoms. The number of hydrogen-bond donors (Lipinski definition) is 0. The number of furan rings is 1. The van der Waals surface area contributed by atoms with E-state index >= 15 is 0 Å². The fourth-order valence-corrected chi connectivity index (χ4v) is 8.50. The second kappa shape index (κ2) is 12.2. The van der Waals surface area contributed by atoms with E-state index < -0.39 is 0 Å². The summed E-state index contributed by atoms with van der Waals surface area (Å²) in [6, 6.07) is 72.3. The van der Waals surface area contributed by atoms with Crippen LogP contribution in [0.3, 0.4) is 0 Å². The Labute approximate surface area is 313 Å². The first-order chi connectivity index (χ1) is 26.8. The van der Waals surface area contributed by atoms with E-state index in [1.807, 2.05) is 12.1 Å².